The highest BCUT2D eigenvalue weighted by Gasteiger charge is 2.40. The maximum atomic E-state index is 14.2. The number of ether oxygens (including phenoxy) is 2. The quantitative estimate of drug-likeness (QED) is 0.365. The smallest absolute Gasteiger partial charge is 0.321 e. The molecule has 1 aromatic rings. The minimum absolute atomic E-state index is 0.0383. The van der Waals surface area contributed by atoms with Crippen LogP contribution < -0.4 is 4.72 Å². The molecule has 0 amide bonds. The van der Waals surface area contributed by atoms with Gasteiger partial charge in [0.2, 0.25) is 0 Å². The Labute approximate surface area is 170 Å². The minimum Gasteiger partial charge on any atom is -0.465 e. The van der Waals surface area contributed by atoms with Crippen LogP contribution in [0.5, 0.6) is 0 Å². The average molecular weight is 437 g/mol. The lowest BCUT2D eigenvalue weighted by atomic mass is 9.93. The lowest BCUT2D eigenvalue weighted by Crippen LogP contribution is -2.50. The van der Waals surface area contributed by atoms with Crippen LogP contribution in [-0.4, -0.2) is 40.2 Å². The summed E-state index contributed by atoms with van der Waals surface area (Å²) < 4.78 is 65.3. The summed E-state index contributed by atoms with van der Waals surface area (Å²) in [4.78, 5) is 24.9. The Balaban J connectivity index is 3.39. The number of benzene rings is 1. The third-order valence-electron chi connectivity index (χ3n) is 3.83. The molecule has 0 aliphatic rings. The molecule has 2 atom stereocenters. The minimum atomic E-state index is -1.77. The Morgan fingerprint density at radius 2 is 1.48 bits per heavy atom. The zero-order valence-electron chi connectivity index (χ0n) is 17.0. The van der Waals surface area contributed by atoms with Crippen molar-refractivity contribution in [1.82, 2.24) is 4.72 Å². The van der Waals surface area contributed by atoms with Gasteiger partial charge < -0.3 is 9.47 Å². The van der Waals surface area contributed by atoms with Crippen LogP contribution in [0.25, 0.3) is 0 Å². The first-order valence-electron chi connectivity index (χ1n) is 9.07. The predicted molar refractivity (Wildman–Crippen MR) is 102 cm³/mol. The molecule has 0 aliphatic carbocycles. The topological polar surface area (TPSA) is 81.7 Å². The van der Waals surface area contributed by atoms with E-state index in [4.69, 9.17) is 9.47 Å². The van der Waals surface area contributed by atoms with Crippen molar-refractivity contribution in [3.05, 3.63) is 35.1 Å². The molecule has 0 aromatic heterocycles. The van der Waals surface area contributed by atoms with Crippen LogP contribution in [0, 0.1) is 23.4 Å². The molecule has 0 saturated carbocycles. The van der Waals surface area contributed by atoms with Gasteiger partial charge in [-0.2, -0.15) is 0 Å². The Hall–Kier alpha value is -1.94. The van der Waals surface area contributed by atoms with E-state index in [2.05, 4.69) is 4.72 Å². The molecule has 29 heavy (non-hydrogen) atoms. The maximum Gasteiger partial charge on any atom is 0.321 e. The summed E-state index contributed by atoms with van der Waals surface area (Å²) in [5.74, 6) is -7.24. The molecule has 0 radical (unpaired) electrons. The normalized spacial score (nSPS) is 13.8. The van der Waals surface area contributed by atoms with Crippen molar-refractivity contribution in [2.24, 2.45) is 5.92 Å². The van der Waals surface area contributed by atoms with Crippen LogP contribution in [0.2, 0.25) is 0 Å². The van der Waals surface area contributed by atoms with Crippen LogP contribution in [-0.2, 0) is 36.5 Å². The van der Waals surface area contributed by atoms with Crippen molar-refractivity contribution in [1.29, 1.82) is 0 Å². The monoisotopic (exact) mass is 437 g/mol. The fraction of sp³-hybridized carbons (Fsp3) is 0.579. The van der Waals surface area contributed by atoms with Crippen molar-refractivity contribution >= 4 is 22.9 Å². The van der Waals surface area contributed by atoms with E-state index in [0.29, 0.717) is 12.1 Å². The molecule has 0 spiro atoms. The van der Waals surface area contributed by atoms with E-state index >= 15 is 0 Å². The summed E-state index contributed by atoms with van der Waals surface area (Å²) in [6.45, 7) is 7.93. The van der Waals surface area contributed by atoms with Gasteiger partial charge in [0.25, 0.3) is 0 Å². The van der Waals surface area contributed by atoms with Gasteiger partial charge >= 0.3 is 11.9 Å². The molecule has 0 bridgehead atoms. The predicted octanol–water partition coefficient (Wildman–Crippen LogP) is 2.81. The SMILES string of the molecule is CCOC(=O)C(C(=O)OCC)[C@@H](Cc1cc(F)c(F)cc1F)N[S@](=O)C(C)(C)C. The van der Waals surface area contributed by atoms with Gasteiger partial charge in [0, 0.05) is 12.1 Å². The van der Waals surface area contributed by atoms with Gasteiger partial charge in [-0.15, -0.1) is 0 Å². The van der Waals surface area contributed by atoms with Crippen LogP contribution in [0.1, 0.15) is 40.2 Å². The lowest BCUT2D eigenvalue weighted by molar-refractivity contribution is -0.162. The van der Waals surface area contributed by atoms with E-state index in [1.165, 1.54) is 13.8 Å². The molecule has 0 heterocycles. The Morgan fingerprint density at radius 3 is 1.93 bits per heavy atom. The Morgan fingerprint density at radius 1 is 1.00 bits per heavy atom. The van der Waals surface area contributed by atoms with E-state index < -0.39 is 63.5 Å². The van der Waals surface area contributed by atoms with E-state index in [1.54, 1.807) is 20.8 Å². The van der Waals surface area contributed by atoms with E-state index in [1.807, 2.05) is 0 Å². The summed E-state index contributed by atoms with van der Waals surface area (Å²) >= 11 is 0. The molecule has 0 unspecified atom stereocenters. The molecule has 6 nitrogen and oxygen atoms in total. The van der Waals surface area contributed by atoms with E-state index in [0.717, 1.165) is 0 Å². The second kappa shape index (κ2) is 10.7. The number of carbonyl (C=O) groups is 2. The number of hydrogen-bond acceptors (Lipinski definition) is 5. The van der Waals surface area contributed by atoms with Crippen molar-refractivity contribution in [2.75, 3.05) is 13.2 Å². The van der Waals surface area contributed by atoms with E-state index in [9.17, 15) is 27.0 Å². The van der Waals surface area contributed by atoms with Gasteiger partial charge in [0.05, 0.1) is 28.9 Å². The van der Waals surface area contributed by atoms with Crippen LogP contribution in [0.15, 0.2) is 12.1 Å². The lowest BCUT2D eigenvalue weighted by Gasteiger charge is -2.28. The molecule has 1 N–H and O–H groups in total. The fourth-order valence-electron chi connectivity index (χ4n) is 2.39. The molecule has 10 heteroatoms. The van der Waals surface area contributed by atoms with Crippen molar-refractivity contribution in [3.63, 3.8) is 0 Å². The molecule has 164 valence electrons. The molecular weight excluding hydrogens is 411 g/mol. The highest BCUT2D eigenvalue weighted by Crippen LogP contribution is 2.22. The van der Waals surface area contributed by atoms with E-state index in [-0.39, 0.29) is 18.8 Å². The Bertz CT molecular complexity index is 749. The number of rotatable bonds is 9. The number of halogens is 3. The first kappa shape index (κ1) is 25.1. The van der Waals surface area contributed by atoms with Crippen molar-refractivity contribution in [3.8, 4) is 0 Å². The number of nitrogens with one attached hydrogen (secondary N) is 1. The van der Waals surface area contributed by atoms with Gasteiger partial charge in [-0.25, -0.2) is 22.1 Å². The molecule has 1 aromatic carbocycles. The summed E-state index contributed by atoms with van der Waals surface area (Å²) in [6, 6.07) is -0.258. The zero-order chi connectivity index (χ0) is 22.4. The van der Waals surface area contributed by atoms with Gasteiger partial charge in [-0.05, 0) is 52.7 Å². The molecule has 0 aliphatic heterocycles. The van der Waals surface area contributed by atoms with Crippen molar-refractivity contribution in [2.45, 2.75) is 51.8 Å². The summed E-state index contributed by atoms with van der Waals surface area (Å²) in [5, 5.41) is 0. The van der Waals surface area contributed by atoms with Gasteiger partial charge in [-0.1, -0.05) is 0 Å². The summed E-state index contributed by atoms with van der Waals surface area (Å²) in [6.07, 6.45) is -0.437. The van der Waals surface area contributed by atoms with Crippen LogP contribution in [0.3, 0.4) is 0 Å². The molecule has 0 fully saturated rings. The van der Waals surface area contributed by atoms with Gasteiger partial charge in [-0.3, -0.25) is 9.59 Å². The van der Waals surface area contributed by atoms with Crippen LogP contribution in [0.4, 0.5) is 13.2 Å². The molecule has 1 rings (SSSR count). The largest absolute Gasteiger partial charge is 0.465 e. The Kier molecular flexibility index (Phi) is 9.28. The number of hydrogen-bond donors (Lipinski definition) is 1. The van der Waals surface area contributed by atoms with Crippen molar-refractivity contribution < 1.29 is 36.4 Å². The highest BCUT2D eigenvalue weighted by molar-refractivity contribution is 7.84. The zero-order valence-corrected chi connectivity index (χ0v) is 17.8. The summed E-state index contributed by atoms with van der Waals surface area (Å²) in [5.41, 5.74) is -0.300. The van der Waals surface area contributed by atoms with Gasteiger partial charge in [0.15, 0.2) is 17.6 Å². The third-order valence-corrected chi connectivity index (χ3v) is 5.46. The second-order valence-corrected chi connectivity index (χ2v) is 9.15. The second-order valence-electron chi connectivity index (χ2n) is 7.15. The molecule has 0 saturated heterocycles. The standard InChI is InChI=1S/C19H26F3NO5S/c1-6-27-17(24)16(18(25)28-7-2)15(23-29(26)19(3,4)5)9-11-8-13(21)14(22)10-12(11)20/h8,10,15-16,23H,6-7,9H2,1-5H3/t15-,29-/m1/s1. The fourth-order valence-corrected chi connectivity index (χ4v) is 3.24. The number of esters is 2. The van der Waals surface area contributed by atoms with Gasteiger partial charge in [0.1, 0.15) is 5.82 Å². The summed E-state index contributed by atoms with van der Waals surface area (Å²) in [7, 11) is -1.77. The first-order chi connectivity index (χ1) is 13.4. The first-order valence-corrected chi connectivity index (χ1v) is 10.2. The van der Waals surface area contributed by atoms with Crippen LogP contribution >= 0.6 is 0 Å². The number of carbonyl (C=O) groups excluding carboxylic acids is 2. The third kappa shape index (κ3) is 7.11. The maximum absolute atomic E-state index is 14.2. The average Bonchev–Trinajstić information content (AvgIpc) is 2.59. The highest BCUT2D eigenvalue weighted by atomic mass is 32.2. The molecular formula is C19H26F3NO5S.